The minimum Gasteiger partial charge on any atom is -0.350 e. The first-order valence-electron chi connectivity index (χ1n) is 10.9. The van der Waals surface area contributed by atoms with Crippen molar-refractivity contribution in [1.29, 1.82) is 0 Å². The second kappa shape index (κ2) is 10.4. The number of aromatic nitrogens is 3. The Labute approximate surface area is 204 Å². The summed E-state index contributed by atoms with van der Waals surface area (Å²) < 4.78 is 40.8. The summed E-state index contributed by atoms with van der Waals surface area (Å²) in [5, 5.41) is 4.04. The lowest BCUT2D eigenvalue weighted by molar-refractivity contribution is -0.0629. The molecule has 1 aliphatic heterocycles. The van der Waals surface area contributed by atoms with Crippen molar-refractivity contribution in [1.82, 2.24) is 25.2 Å². The Morgan fingerprint density at radius 1 is 1.21 bits per heavy atom. The van der Waals surface area contributed by atoms with E-state index in [9.17, 15) is 18.0 Å². The quantitative estimate of drug-likeness (QED) is 0.476. The molecule has 4 rings (SSSR count). The molecular weight excluding hydrogens is 487 g/mol. The highest BCUT2D eigenvalue weighted by Gasteiger charge is 2.37. The van der Waals surface area contributed by atoms with Crippen LogP contribution in [0.5, 0.6) is 0 Å². The van der Waals surface area contributed by atoms with Gasteiger partial charge in [-0.15, -0.1) is 11.3 Å². The maximum absolute atomic E-state index is 13.8. The number of nitrogens with one attached hydrogen (secondary N) is 1. The van der Waals surface area contributed by atoms with E-state index in [1.54, 1.807) is 24.4 Å². The molecule has 6 nitrogen and oxygen atoms in total. The highest BCUT2D eigenvalue weighted by Crippen LogP contribution is 2.34. The van der Waals surface area contributed by atoms with Crippen LogP contribution >= 0.6 is 22.9 Å². The van der Waals surface area contributed by atoms with Crippen LogP contribution in [-0.2, 0) is 6.42 Å². The Hall–Kier alpha value is -2.56. The Kier molecular flexibility index (Phi) is 7.49. The highest BCUT2D eigenvalue weighted by molar-refractivity contribution is 7.11. The minimum absolute atomic E-state index is 0.165. The lowest BCUT2D eigenvalue weighted by atomic mass is 10.0. The van der Waals surface area contributed by atoms with Gasteiger partial charge in [-0.2, -0.15) is 0 Å². The van der Waals surface area contributed by atoms with Gasteiger partial charge in [-0.05, 0) is 12.5 Å². The number of likely N-dealkylation sites (tertiary alicyclic amines) is 1. The van der Waals surface area contributed by atoms with Crippen LogP contribution in [0.4, 0.5) is 13.2 Å². The molecule has 1 fully saturated rings. The van der Waals surface area contributed by atoms with Gasteiger partial charge >= 0.3 is 0 Å². The molecule has 3 heterocycles. The molecule has 1 N–H and O–H groups in total. The van der Waals surface area contributed by atoms with Gasteiger partial charge in [0, 0.05) is 49.1 Å². The van der Waals surface area contributed by atoms with E-state index in [1.807, 2.05) is 11.8 Å². The summed E-state index contributed by atoms with van der Waals surface area (Å²) in [6.07, 6.45) is 4.09. The predicted molar refractivity (Wildman–Crippen MR) is 125 cm³/mol. The fraction of sp³-hybridized carbons (Fsp3) is 0.391. The molecule has 2 aromatic heterocycles. The number of piperidine rings is 1. The van der Waals surface area contributed by atoms with Gasteiger partial charge in [0.25, 0.3) is 11.8 Å². The molecule has 1 unspecified atom stereocenters. The van der Waals surface area contributed by atoms with Gasteiger partial charge in [-0.1, -0.05) is 30.7 Å². The lowest BCUT2D eigenvalue weighted by Gasteiger charge is -2.37. The van der Waals surface area contributed by atoms with Gasteiger partial charge in [0.15, 0.2) is 11.6 Å². The maximum atomic E-state index is 13.8. The summed E-state index contributed by atoms with van der Waals surface area (Å²) in [6.45, 7) is 2.61. The molecule has 1 atom stereocenters. The van der Waals surface area contributed by atoms with E-state index in [2.05, 4.69) is 20.3 Å². The van der Waals surface area contributed by atoms with Crippen LogP contribution in [0.1, 0.15) is 46.0 Å². The fourth-order valence-corrected chi connectivity index (χ4v) is 5.14. The maximum Gasteiger partial charge on any atom is 0.253 e. The summed E-state index contributed by atoms with van der Waals surface area (Å²) in [6, 6.07) is 4.56. The van der Waals surface area contributed by atoms with E-state index in [0.717, 1.165) is 28.7 Å². The standard InChI is InChI=1S/C23H23ClF3N5OS/c1-2-19-28-13-18(34-19)17(32-8-6-23(26,27)7-9-32)12-31-22(33)20-15(4-3-5-16(20)24)21-29-10-14(25)11-30-21/h3-5,10-11,13,17H,2,6-9,12H2,1H3,(H,31,33). The number of aryl methyl sites for hydroxylation is 1. The smallest absolute Gasteiger partial charge is 0.253 e. The number of nitrogens with zero attached hydrogens (tertiary/aromatic N) is 4. The van der Waals surface area contributed by atoms with Crippen molar-refractivity contribution in [3.05, 3.63) is 63.1 Å². The molecule has 0 radical (unpaired) electrons. The average molecular weight is 510 g/mol. The topological polar surface area (TPSA) is 71.0 Å². The van der Waals surface area contributed by atoms with Crippen molar-refractivity contribution in [3.8, 4) is 11.4 Å². The third-order valence-electron chi connectivity index (χ3n) is 5.73. The molecule has 11 heteroatoms. The SMILES string of the molecule is CCc1ncc(C(CNC(=O)c2c(Cl)cccc2-c2ncc(F)cn2)N2CCC(F)(F)CC2)s1. The van der Waals surface area contributed by atoms with Crippen molar-refractivity contribution >= 4 is 28.8 Å². The number of carbonyl (C=O) groups is 1. The minimum atomic E-state index is -2.67. The number of carbonyl (C=O) groups excluding carboxylic acids is 1. The second-order valence-electron chi connectivity index (χ2n) is 8.01. The van der Waals surface area contributed by atoms with Crippen molar-refractivity contribution in [2.75, 3.05) is 19.6 Å². The highest BCUT2D eigenvalue weighted by atomic mass is 35.5. The van der Waals surface area contributed by atoms with Crippen LogP contribution in [-0.4, -0.2) is 51.3 Å². The number of hydrogen-bond acceptors (Lipinski definition) is 6. The van der Waals surface area contributed by atoms with Crippen LogP contribution in [0.2, 0.25) is 5.02 Å². The number of rotatable bonds is 7. The van der Waals surface area contributed by atoms with Crippen LogP contribution in [0, 0.1) is 5.82 Å². The number of amides is 1. The molecule has 34 heavy (non-hydrogen) atoms. The van der Waals surface area contributed by atoms with Crippen molar-refractivity contribution in [2.45, 2.75) is 38.2 Å². The van der Waals surface area contributed by atoms with E-state index in [1.165, 1.54) is 11.3 Å². The van der Waals surface area contributed by atoms with E-state index < -0.39 is 17.6 Å². The Bertz CT molecular complexity index is 1150. The first kappa shape index (κ1) is 24.6. The number of thiazole rings is 1. The lowest BCUT2D eigenvalue weighted by Crippen LogP contribution is -2.44. The molecule has 0 spiro atoms. The second-order valence-corrected chi connectivity index (χ2v) is 9.57. The van der Waals surface area contributed by atoms with Crippen molar-refractivity contribution in [2.24, 2.45) is 0 Å². The van der Waals surface area contributed by atoms with Gasteiger partial charge in [0.2, 0.25) is 0 Å². The van der Waals surface area contributed by atoms with Gasteiger partial charge in [0.05, 0.1) is 34.0 Å². The van der Waals surface area contributed by atoms with Crippen LogP contribution in [0.15, 0.2) is 36.8 Å². The first-order chi connectivity index (χ1) is 16.3. The summed E-state index contributed by atoms with van der Waals surface area (Å²) in [7, 11) is 0. The molecule has 0 aliphatic carbocycles. The summed E-state index contributed by atoms with van der Waals surface area (Å²) in [5.74, 6) is -3.56. The van der Waals surface area contributed by atoms with E-state index >= 15 is 0 Å². The molecule has 1 aliphatic rings. The van der Waals surface area contributed by atoms with Gasteiger partial charge in [-0.3, -0.25) is 9.69 Å². The van der Waals surface area contributed by atoms with Crippen LogP contribution in [0.25, 0.3) is 11.4 Å². The summed E-state index contributed by atoms with van der Waals surface area (Å²) >= 11 is 7.86. The van der Waals surface area contributed by atoms with Gasteiger partial charge < -0.3 is 5.32 Å². The van der Waals surface area contributed by atoms with E-state index in [-0.39, 0.29) is 54.9 Å². The molecule has 0 bridgehead atoms. The van der Waals surface area contributed by atoms with Crippen molar-refractivity contribution < 1.29 is 18.0 Å². The average Bonchev–Trinajstić information content (AvgIpc) is 3.29. The summed E-state index contributed by atoms with van der Waals surface area (Å²) in [4.78, 5) is 28.4. The fourth-order valence-electron chi connectivity index (χ4n) is 3.88. The third-order valence-corrected chi connectivity index (χ3v) is 7.29. The molecule has 3 aromatic rings. The zero-order valence-electron chi connectivity index (χ0n) is 18.4. The molecule has 180 valence electrons. The molecule has 1 aromatic carbocycles. The van der Waals surface area contributed by atoms with Crippen LogP contribution in [0.3, 0.4) is 0 Å². The van der Waals surface area contributed by atoms with E-state index in [4.69, 9.17) is 11.6 Å². The van der Waals surface area contributed by atoms with Crippen molar-refractivity contribution in [3.63, 3.8) is 0 Å². The van der Waals surface area contributed by atoms with Gasteiger partial charge in [0.1, 0.15) is 0 Å². The Morgan fingerprint density at radius 3 is 2.56 bits per heavy atom. The largest absolute Gasteiger partial charge is 0.350 e. The molecular formula is C23H23ClF3N5OS. The number of alkyl halides is 2. The first-order valence-corrected chi connectivity index (χ1v) is 12.1. The predicted octanol–water partition coefficient (Wildman–Crippen LogP) is 5.16. The van der Waals surface area contributed by atoms with Crippen LogP contribution < -0.4 is 5.32 Å². The zero-order chi connectivity index (χ0) is 24.3. The molecule has 1 amide bonds. The Balaban J connectivity index is 1.57. The summed E-state index contributed by atoms with van der Waals surface area (Å²) in [5.41, 5.74) is 0.531. The number of hydrogen-bond donors (Lipinski definition) is 1. The molecule has 0 saturated carbocycles. The number of halogens is 4. The Morgan fingerprint density at radius 2 is 1.91 bits per heavy atom. The normalized spacial score (nSPS) is 16.9. The molecule has 1 saturated heterocycles. The monoisotopic (exact) mass is 509 g/mol. The number of benzene rings is 1. The van der Waals surface area contributed by atoms with E-state index in [0.29, 0.717) is 5.56 Å². The third kappa shape index (κ3) is 5.56. The van der Waals surface area contributed by atoms with Gasteiger partial charge in [-0.25, -0.2) is 28.1 Å². The zero-order valence-corrected chi connectivity index (χ0v) is 20.0.